The number of aromatic nitrogens is 2. The van der Waals surface area contributed by atoms with Crippen LogP contribution in [0.4, 0.5) is 22.7 Å². The summed E-state index contributed by atoms with van der Waals surface area (Å²) in [4.78, 5) is 9.47. The van der Waals surface area contributed by atoms with Crippen molar-refractivity contribution in [1.82, 2.24) is 9.55 Å². The van der Waals surface area contributed by atoms with Gasteiger partial charge in [-0.2, -0.15) is 12.1 Å². The minimum absolute atomic E-state index is 0. The van der Waals surface area contributed by atoms with E-state index in [0.29, 0.717) is 11.5 Å². The molecule has 322 valence electrons. The van der Waals surface area contributed by atoms with Crippen LogP contribution in [-0.2, 0) is 37.3 Å². The van der Waals surface area contributed by atoms with E-state index in [-0.39, 0.29) is 31.9 Å². The number of hydrogen-bond acceptors (Lipinski definition) is 4. The maximum Gasteiger partial charge on any atom is 0.135 e. The third-order valence-corrected chi connectivity index (χ3v) is 12.9. The minimum atomic E-state index is -0.410. The zero-order valence-corrected chi connectivity index (χ0v) is 39.6. The topological polar surface area (TPSA) is 33.5 Å². The summed E-state index contributed by atoms with van der Waals surface area (Å²) in [7, 11) is 0. The molecule has 0 spiro atoms. The molecule has 0 aliphatic carbocycles. The molecule has 64 heavy (non-hydrogen) atoms. The third kappa shape index (κ3) is 7.60. The van der Waals surface area contributed by atoms with Crippen LogP contribution >= 0.6 is 0 Å². The molecule has 9 aromatic rings. The van der Waals surface area contributed by atoms with Crippen molar-refractivity contribution in [3.8, 4) is 17.3 Å². The van der Waals surface area contributed by atoms with E-state index in [2.05, 4.69) is 245 Å². The molecule has 0 saturated carbocycles. The quantitative estimate of drug-likeness (QED) is 0.135. The van der Waals surface area contributed by atoms with Crippen molar-refractivity contribution in [3.63, 3.8) is 0 Å². The van der Waals surface area contributed by atoms with Crippen LogP contribution in [0, 0.1) is 18.8 Å². The van der Waals surface area contributed by atoms with Crippen molar-refractivity contribution in [1.29, 1.82) is 0 Å². The molecule has 1 aliphatic rings. The van der Waals surface area contributed by atoms with Crippen molar-refractivity contribution in [2.75, 3.05) is 9.80 Å². The molecule has 0 saturated heterocycles. The van der Waals surface area contributed by atoms with E-state index in [1.807, 2.05) is 12.3 Å². The van der Waals surface area contributed by atoms with Crippen LogP contribution in [0.25, 0.3) is 27.6 Å². The number of para-hydroxylation sites is 3. The smallest absolute Gasteiger partial charge is 0.135 e. The molecule has 0 radical (unpaired) electrons. The third-order valence-electron chi connectivity index (χ3n) is 12.9. The summed E-state index contributed by atoms with van der Waals surface area (Å²) < 4.78 is 9.32. The molecule has 7 aromatic carbocycles. The van der Waals surface area contributed by atoms with E-state index >= 15 is 0 Å². The Hall–Kier alpha value is -6.42. The Balaban J connectivity index is 0.00000518. The van der Waals surface area contributed by atoms with Crippen LogP contribution in [0.15, 0.2) is 176 Å². The number of benzene rings is 7. The van der Waals surface area contributed by atoms with Gasteiger partial charge in [0.25, 0.3) is 0 Å². The second-order valence-corrected chi connectivity index (χ2v) is 18.7. The first-order valence-corrected chi connectivity index (χ1v) is 21.8. The second-order valence-electron chi connectivity index (χ2n) is 18.7. The Morgan fingerprint density at radius 2 is 1.17 bits per heavy atom. The van der Waals surface area contributed by atoms with Gasteiger partial charge < -0.3 is 19.1 Å². The fourth-order valence-electron chi connectivity index (χ4n) is 9.05. The Morgan fingerprint density at radius 1 is 0.531 bits per heavy atom. The van der Waals surface area contributed by atoms with Crippen LogP contribution in [0.3, 0.4) is 0 Å². The molecule has 0 fully saturated rings. The fourth-order valence-corrected chi connectivity index (χ4v) is 9.05. The average molecular weight is 1020 g/mol. The summed E-state index contributed by atoms with van der Waals surface area (Å²) in [6, 6.07) is 67.6. The Bertz CT molecular complexity index is 3130. The maximum absolute atomic E-state index is 7.10. The van der Waals surface area contributed by atoms with Gasteiger partial charge in [-0.3, -0.25) is 0 Å². The normalized spacial score (nSPS) is 13.0. The van der Waals surface area contributed by atoms with Gasteiger partial charge in [-0.05, 0) is 80.9 Å². The van der Waals surface area contributed by atoms with E-state index in [4.69, 9.17) is 9.72 Å². The first-order valence-electron chi connectivity index (χ1n) is 21.8. The number of fused-ring (bicyclic) bond motifs is 4. The zero-order chi connectivity index (χ0) is 43.5. The molecular weight excluding hydrogens is 964 g/mol. The van der Waals surface area contributed by atoms with Crippen molar-refractivity contribution in [3.05, 3.63) is 223 Å². The largest absolute Gasteiger partial charge is 0.509 e. The van der Waals surface area contributed by atoms with E-state index < -0.39 is 5.41 Å². The number of anilines is 4. The maximum atomic E-state index is 7.10. The van der Waals surface area contributed by atoms with E-state index in [1.54, 1.807) is 0 Å². The molecule has 10 rings (SSSR count). The Morgan fingerprint density at radius 3 is 1.89 bits per heavy atom. The van der Waals surface area contributed by atoms with Gasteiger partial charge in [0, 0.05) is 66.8 Å². The van der Waals surface area contributed by atoms with Gasteiger partial charge in [0.2, 0.25) is 0 Å². The van der Waals surface area contributed by atoms with Crippen molar-refractivity contribution >= 4 is 44.6 Å². The number of pyridine rings is 1. The predicted molar refractivity (Wildman–Crippen MR) is 260 cm³/mol. The van der Waals surface area contributed by atoms with Crippen LogP contribution in [0.1, 0.15) is 76.3 Å². The summed E-state index contributed by atoms with van der Waals surface area (Å²) in [5, 5.41) is 2.21. The fraction of sp³-hybridized carbons (Fsp3) is 0.172. The van der Waals surface area contributed by atoms with Gasteiger partial charge >= 0.3 is 0 Å². The van der Waals surface area contributed by atoms with E-state index in [0.717, 1.165) is 55.9 Å². The van der Waals surface area contributed by atoms with Crippen LogP contribution in [0.2, 0.25) is 0 Å². The van der Waals surface area contributed by atoms with Gasteiger partial charge in [0.1, 0.15) is 5.82 Å². The Labute approximate surface area is 392 Å². The monoisotopic (exact) mass is 1010 g/mol. The molecule has 0 amide bonds. The predicted octanol–water partition coefficient (Wildman–Crippen LogP) is 14.9. The van der Waals surface area contributed by atoms with Crippen molar-refractivity contribution in [2.45, 2.75) is 64.7 Å². The zero-order valence-electron chi connectivity index (χ0n) is 37.3. The second kappa shape index (κ2) is 16.6. The molecule has 2 aromatic heterocycles. The first-order chi connectivity index (χ1) is 30.4. The van der Waals surface area contributed by atoms with Gasteiger partial charge in [-0.1, -0.05) is 157 Å². The number of rotatable bonds is 9. The molecule has 1 aliphatic heterocycles. The molecule has 5 nitrogen and oxygen atoms in total. The van der Waals surface area contributed by atoms with Crippen LogP contribution in [-0.4, -0.2) is 9.55 Å². The molecular formula is C58H51N4OPt-3. The summed E-state index contributed by atoms with van der Waals surface area (Å²) in [6.07, 6.45) is 1.92. The van der Waals surface area contributed by atoms with E-state index in [9.17, 15) is 0 Å². The number of nitrogens with zero attached hydrogens (tertiary/aromatic N) is 4. The molecule has 0 bridgehead atoms. The summed E-state index contributed by atoms with van der Waals surface area (Å²) in [5.41, 5.74) is 11.4. The molecule has 6 heteroatoms. The SMILES string of the molecule is CC(C)(C)c1cccc(N2[CH-]N(c3[c-]c(Oc4[c-]c5c(cc4)c4ccccc4n5-c4cc(C(C)(C)c5ccccc5)ccn4)c(C(C)(C)c4ccccc4)cc3)c3ccccc32)c1.[Pt]. The van der Waals surface area contributed by atoms with Gasteiger partial charge in [0.05, 0.1) is 0 Å². The minimum Gasteiger partial charge on any atom is -0.509 e. The first kappa shape index (κ1) is 42.9. The molecule has 0 unspecified atom stereocenters. The summed E-state index contributed by atoms with van der Waals surface area (Å²) >= 11 is 0. The van der Waals surface area contributed by atoms with Gasteiger partial charge in [-0.15, -0.1) is 47.6 Å². The molecule has 3 heterocycles. The van der Waals surface area contributed by atoms with Crippen LogP contribution in [0.5, 0.6) is 11.5 Å². The van der Waals surface area contributed by atoms with Gasteiger partial charge in [-0.25, -0.2) is 4.98 Å². The summed E-state index contributed by atoms with van der Waals surface area (Å²) in [6.45, 7) is 18.0. The Kier molecular flexibility index (Phi) is 11.1. The van der Waals surface area contributed by atoms with Crippen molar-refractivity contribution in [2.24, 2.45) is 0 Å². The average Bonchev–Trinajstić information content (AvgIpc) is 3.85. The standard InChI is InChI=1S/C58H51N4O.Pt/c1-56(2,3)42-23-18-24-44(35-42)60-39-61(52-28-17-16-27-51(52)60)45-29-32-49(58(6,7)41-21-12-9-13-22-41)54(37-45)63-46-30-31-48-47-25-14-15-26-50(47)62(53(48)38-46)55-36-43(33-34-59-55)57(4,5)40-19-10-8-11-20-40;/h8-36,39H,1-7H3;/q-3;. The van der Waals surface area contributed by atoms with Gasteiger partial charge in [0.15, 0.2) is 0 Å². The van der Waals surface area contributed by atoms with Crippen LogP contribution < -0.4 is 14.5 Å². The molecule has 0 atom stereocenters. The number of hydrogen-bond donors (Lipinski definition) is 0. The summed E-state index contributed by atoms with van der Waals surface area (Å²) in [5.74, 6) is 2.07. The van der Waals surface area contributed by atoms with E-state index in [1.165, 1.54) is 22.3 Å². The number of ether oxygens (including phenoxy) is 1. The van der Waals surface area contributed by atoms with Crippen molar-refractivity contribution < 1.29 is 25.8 Å². The molecule has 0 N–H and O–H groups in total.